The fourth-order valence-electron chi connectivity index (χ4n) is 1.54. The van der Waals surface area contributed by atoms with Crippen LogP contribution in [0.3, 0.4) is 0 Å². The van der Waals surface area contributed by atoms with E-state index in [9.17, 15) is 4.79 Å². The third-order valence-electron chi connectivity index (χ3n) is 2.54. The highest BCUT2D eigenvalue weighted by Gasteiger charge is 2.11. The lowest BCUT2D eigenvalue weighted by molar-refractivity contribution is 0.0953. The van der Waals surface area contributed by atoms with Crippen LogP contribution >= 0.6 is 11.3 Å². The number of pyridine rings is 1. The summed E-state index contributed by atoms with van der Waals surface area (Å²) in [7, 11) is 0. The topological polar surface area (TPSA) is 79.8 Å². The second-order valence-electron chi connectivity index (χ2n) is 4.17. The highest BCUT2D eigenvalue weighted by atomic mass is 32.1. The fourth-order valence-corrected chi connectivity index (χ4v) is 2.23. The molecular formula is C13H17N5OS. The molecule has 0 aliphatic carbocycles. The van der Waals surface area contributed by atoms with Crippen LogP contribution in [0.2, 0.25) is 0 Å². The second kappa shape index (κ2) is 7.54. The number of anilines is 1. The van der Waals surface area contributed by atoms with E-state index in [2.05, 4.69) is 32.7 Å². The smallest absolute Gasteiger partial charge is 0.282 e. The van der Waals surface area contributed by atoms with E-state index in [4.69, 9.17) is 0 Å². The maximum Gasteiger partial charge on any atom is 0.282 e. The molecule has 2 rings (SSSR count). The van der Waals surface area contributed by atoms with Crippen molar-refractivity contribution in [2.75, 3.05) is 18.4 Å². The molecule has 1 amide bonds. The average molecular weight is 291 g/mol. The molecule has 0 spiro atoms. The van der Waals surface area contributed by atoms with Gasteiger partial charge in [-0.2, -0.15) is 0 Å². The van der Waals surface area contributed by atoms with Crippen molar-refractivity contribution in [2.24, 2.45) is 0 Å². The van der Waals surface area contributed by atoms with Crippen molar-refractivity contribution in [3.63, 3.8) is 0 Å². The Morgan fingerprint density at radius 2 is 2.20 bits per heavy atom. The van der Waals surface area contributed by atoms with Crippen LogP contribution in [-0.4, -0.2) is 34.2 Å². The van der Waals surface area contributed by atoms with E-state index in [1.165, 1.54) is 11.3 Å². The van der Waals surface area contributed by atoms with Gasteiger partial charge in [0.2, 0.25) is 10.1 Å². The molecule has 7 heteroatoms. The Kier molecular flexibility index (Phi) is 5.43. The van der Waals surface area contributed by atoms with Gasteiger partial charge >= 0.3 is 0 Å². The zero-order chi connectivity index (χ0) is 14.2. The Hall–Kier alpha value is -2.02. The zero-order valence-electron chi connectivity index (χ0n) is 11.3. The minimum absolute atomic E-state index is 0.192. The zero-order valence-corrected chi connectivity index (χ0v) is 12.1. The van der Waals surface area contributed by atoms with Crippen LogP contribution in [0.25, 0.3) is 0 Å². The molecule has 0 aromatic carbocycles. The molecule has 0 unspecified atom stereocenters. The maximum absolute atomic E-state index is 11.9. The van der Waals surface area contributed by atoms with Crippen molar-refractivity contribution in [2.45, 2.75) is 19.8 Å². The lowest BCUT2D eigenvalue weighted by Gasteiger charge is -2.02. The minimum Gasteiger partial charge on any atom is -0.360 e. The molecule has 0 aliphatic rings. The molecule has 20 heavy (non-hydrogen) atoms. The molecule has 106 valence electrons. The molecule has 0 radical (unpaired) electrons. The normalized spacial score (nSPS) is 10.2. The van der Waals surface area contributed by atoms with E-state index in [1.807, 2.05) is 18.2 Å². The highest BCUT2D eigenvalue weighted by molar-refractivity contribution is 7.17. The number of nitrogens with one attached hydrogen (secondary N) is 2. The van der Waals surface area contributed by atoms with Gasteiger partial charge in [0, 0.05) is 31.4 Å². The Morgan fingerprint density at radius 3 is 2.95 bits per heavy atom. The first-order chi connectivity index (χ1) is 9.79. The molecule has 0 saturated carbocycles. The lowest BCUT2D eigenvalue weighted by atomic mass is 10.3. The van der Waals surface area contributed by atoms with Crippen molar-refractivity contribution in [1.82, 2.24) is 20.5 Å². The van der Waals surface area contributed by atoms with Crippen molar-refractivity contribution >= 4 is 22.4 Å². The number of nitrogens with zero attached hydrogens (tertiary/aromatic N) is 3. The van der Waals surface area contributed by atoms with Crippen molar-refractivity contribution in [1.29, 1.82) is 0 Å². The fraction of sp³-hybridized carbons (Fsp3) is 0.385. The molecule has 0 fully saturated rings. The first-order valence-electron chi connectivity index (χ1n) is 6.55. The minimum atomic E-state index is -0.192. The van der Waals surface area contributed by atoms with E-state index in [-0.39, 0.29) is 5.91 Å². The summed E-state index contributed by atoms with van der Waals surface area (Å²) >= 11 is 1.27. The van der Waals surface area contributed by atoms with E-state index >= 15 is 0 Å². The standard InChI is InChI=1S/C13H17N5OS/c1-2-7-16-13-18-17-12(20-13)11(19)15-9-6-10-5-3-4-8-14-10/h3-5,8H,2,6-7,9H2,1H3,(H,15,19)(H,16,18). The SMILES string of the molecule is CCCNc1nnc(C(=O)NCCc2ccccn2)s1. The van der Waals surface area contributed by atoms with Gasteiger partial charge in [0.05, 0.1) is 0 Å². The van der Waals surface area contributed by atoms with Gasteiger partial charge in [0.25, 0.3) is 5.91 Å². The van der Waals surface area contributed by atoms with Crippen LogP contribution in [0.5, 0.6) is 0 Å². The van der Waals surface area contributed by atoms with E-state index < -0.39 is 0 Å². The summed E-state index contributed by atoms with van der Waals surface area (Å²) in [4.78, 5) is 16.1. The van der Waals surface area contributed by atoms with Gasteiger partial charge in [-0.05, 0) is 18.6 Å². The number of rotatable bonds is 7. The van der Waals surface area contributed by atoms with Crippen LogP contribution in [0, 0.1) is 0 Å². The molecule has 6 nitrogen and oxygen atoms in total. The first kappa shape index (κ1) is 14.4. The van der Waals surface area contributed by atoms with Crippen LogP contribution < -0.4 is 10.6 Å². The third kappa shape index (κ3) is 4.27. The quantitative estimate of drug-likeness (QED) is 0.812. The maximum atomic E-state index is 11.9. The number of hydrogen-bond donors (Lipinski definition) is 2. The summed E-state index contributed by atoms with van der Waals surface area (Å²) in [6.45, 7) is 3.43. The largest absolute Gasteiger partial charge is 0.360 e. The second-order valence-corrected chi connectivity index (χ2v) is 5.14. The summed E-state index contributed by atoms with van der Waals surface area (Å²) in [5.41, 5.74) is 0.954. The molecule has 0 saturated heterocycles. The van der Waals surface area contributed by atoms with Gasteiger partial charge in [0.1, 0.15) is 0 Å². The molecule has 0 atom stereocenters. The summed E-state index contributed by atoms with van der Waals surface area (Å²) < 4.78 is 0. The van der Waals surface area contributed by atoms with Crippen molar-refractivity contribution in [3.8, 4) is 0 Å². The summed E-state index contributed by atoms with van der Waals surface area (Å²) in [6, 6.07) is 5.73. The van der Waals surface area contributed by atoms with Gasteiger partial charge < -0.3 is 10.6 Å². The summed E-state index contributed by atoms with van der Waals surface area (Å²) in [5.74, 6) is -0.192. The summed E-state index contributed by atoms with van der Waals surface area (Å²) in [6.07, 6.45) is 3.45. The molecular weight excluding hydrogens is 274 g/mol. The van der Waals surface area contributed by atoms with Crippen LogP contribution in [0.15, 0.2) is 24.4 Å². The number of carbonyl (C=O) groups excluding carboxylic acids is 1. The Balaban J connectivity index is 1.78. The Labute approximate surface area is 121 Å². The molecule has 2 aromatic rings. The van der Waals surface area contributed by atoms with Crippen LogP contribution in [0.4, 0.5) is 5.13 Å². The molecule has 2 aromatic heterocycles. The number of amides is 1. The Morgan fingerprint density at radius 1 is 1.30 bits per heavy atom. The predicted molar refractivity (Wildman–Crippen MR) is 79.0 cm³/mol. The van der Waals surface area contributed by atoms with E-state index in [1.54, 1.807) is 6.20 Å². The molecule has 0 bridgehead atoms. The molecule has 0 aliphatic heterocycles. The van der Waals surface area contributed by atoms with Crippen LogP contribution in [-0.2, 0) is 6.42 Å². The predicted octanol–water partition coefficient (Wildman–Crippen LogP) is 1.73. The van der Waals surface area contributed by atoms with Crippen molar-refractivity contribution < 1.29 is 4.79 Å². The number of hydrogen-bond acceptors (Lipinski definition) is 6. The highest BCUT2D eigenvalue weighted by Crippen LogP contribution is 2.14. The van der Waals surface area contributed by atoms with Gasteiger partial charge in [-0.1, -0.05) is 24.3 Å². The van der Waals surface area contributed by atoms with E-state index in [0.29, 0.717) is 23.1 Å². The van der Waals surface area contributed by atoms with Crippen LogP contribution in [0.1, 0.15) is 28.8 Å². The lowest BCUT2D eigenvalue weighted by Crippen LogP contribution is -2.25. The van der Waals surface area contributed by atoms with Gasteiger partial charge in [-0.25, -0.2) is 0 Å². The van der Waals surface area contributed by atoms with Gasteiger partial charge in [0.15, 0.2) is 0 Å². The first-order valence-corrected chi connectivity index (χ1v) is 7.36. The summed E-state index contributed by atoms with van der Waals surface area (Å²) in [5, 5.41) is 14.8. The Bertz CT molecular complexity index is 543. The average Bonchev–Trinajstić information content (AvgIpc) is 2.95. The monoisotopic (exact) mass is 291 g/mol. The number of aromatic nitrogens is 3. The van der Waals surface area contributed by atoms with Gasteiger partial charge in [-0.3, -0.25) is 9.78 Å². The van der Waals surface area contributed by atoms with E-state index in [0.717, 1.165) is 18.7 Å². The molecule has 2 N–H and O–H groups in total. The third-order valence-corrected chi connectivity index (χ3v) is 3.42. The number of carbonyl (C=O) groups is 1. The molecule has 2 heterocycles. The van der Waals surface area contributed by atoms with Gasteiger partial charge in [-0.15, -0.1) is 10.2 Å². The van der Waals surface area contributed by atoms with Crippen molar-refractivity contribution in [3.05, 3.63) is 35.1 Å².